The molecule has 25 heavy (non-hydrogen) atoms. The number of hydrogen-bond acceptors (Lipinski definition) is 3. The molecule has 0 bridgehead atoms. The van der Waals surface area contributed by atoms with Crippen molar-refractivity contribution in [3.05, 3.63) is 54.1 Å². The molecular formula is C19H22N2O3S. The Hall–Kier alpha value is -2.34. The van der Waals surface area contributed by atoms with Gasteiger partial charge in [0.15, 0.2) is 0 Å². The number of aryl methyl sites for hydroxylation is 1. The number of nitrogens with one attached hydrogen (secondary N) is 1. The highest BCUT2D eigenvalue weighted by molar-refractivity contribution is 7.92. The van der Waals surface area contributed by atoms with Crippen molar-refractivity contribution in [1.29, 1.82) is 0 Å². The minimum atomic E-state index is -3.65. The van der Waals surface area contributed by atoms with Crippen LogP contribution >= 0.6 is 0 Å². The third-order valence-electron chi connectivity index (χ3n) is 4.32. The van der Waals surface area contributed by atoms with Gasteiger partial charge in [0, 0.05) is 18.7 Å². The van der Waals surface area contributed by atoms with Crippen LogP contribution in [0.5, 0.6) is 0 Å². The zero-order chi connectivity index (χ0) is 17.9. The first-order valence-corrected chi connectivity index (χ1v) is 9.97. The second-order valence-electron chi connectivity index (χ2n) is 6.13. The number of amides is 1. The molecule has 2 aromatic rings. The van der Waals surface area contributed by atoms with Crippen molar-refractivity contribution in [2.75, 3.05) is 16.2 Å². The summed E-state index contributed by atoms with van der Waals surface area (Å²) in [6, 6.07) is 14.1. The van der Waals surface area contributed by atoms with Gasteiger partial charge in [-0.1, -0.05) is 31.5 Å². The number of carbonyl (C=O) groups excluding carboxylic acids is 1. The van der Waals surface area contributed by atoms with E-state index in [4.69, 9.17) is 0 Å². The molecular weight excluding hydrogens is 336 g/mol. The smallest absolute Gasteiger partial charge is 0.264 e. The predicted molar refractivity (Wildman–Crippen MR) is 99.3 cm³/mol. The molecule has 3 rings (SSSR count). The van der Waals surface area contributed by atoms with E-state index in [1.54, 1.807) is 18.2 Å². The molecule has 0 unspecified atom stereocenters. The van der Waals surface area contributed by atoms with E-state index < -0.39 is 10.0 Å². The Labute approximate surface area is 148 Å². The maximum atomic E-state index is 13.2. The highest BCUT2D eigenvalue weighted by atomic mass is 32.2. The van der Waals surface area contributed by atoms with Crippen LogP contribution < -0.4 is 9.62 Å². The third kappa shape index (κ3) is 3.69. The van der Waals surface area contributed by atoms with Gasteiger partial charge in [-0.25, -0.2) is 8.42 Å². The van der Waals surface area contributed by atoms with E-state index in [9.17, 15) is 13.2 Å². The number of sulfonamides is 1. The average molecular weight is 358 g/mol. The minimum Gasteiger partial charge on any atom is -0.326 e. The van der Waals surface area contributed by atoms with Crippen LogP contribution in [0, 0.1) is 0 Å². The first-order chi connectivity index (χ1) is 12.0. The van der Waals surface area contributed by atoms with E-state index in [0.29, 0.717) is 30.8 Å². The highest BCUT2D eigenvalue weighted by Gasteiger charge is 2.26. The Morgan fingerprint density at radius 3 is 2.56 bits per heavy atom. The lowest BCUT2D eigenvalue weighted by Gasteiger charge is -2.25. The Balaban J connectivity index is 1.99. The molecule has 1 aliphatic heterocycles. The second-order valence-corrected chi connectivity index (χ2v) is 8.00. The van der Waals surface area contributed by atoms with Crippen molar-refractivity contribution in [3.8, 4) is 0 Å². The quantitative estimate of drug-likeness (QED) is 0.858. The molecule has 1 heterocycles. The molecule has 2 aromatic carbocycles. The molecule has 132 valence electrons. The number of rotatable bonds is 6. The van der Waals surface area contributed by atoms with Crippen molar-refractivity contribution >= 4 is 27.3 Å². The summed E-state index contributed by atoms with van der Waals surface area (Å²) in [6.45, 7) is 2.48. The Bertz CT molecular complexity index is 863. The Morgan fingerprint density at radius 2 is 1.84 bits per heavy atom. The second kappa shape index (κ2) is 7.27. The number of carbonyl (C=O) groups is 1. The first-order valence-electron chi connectivity index (χ1n) is 8.53. The molecule has 5 nitrogen and oxygen atoms in total. The van der Waals surface area contributed by atoms with Crippen LogP contribution in [0.15, 0.2) is 53.4 Å². The van der Waals surface area contributed by atoms with Gasteiger partial charge in [0.25, 0.3) is 10.0 Å². The fourth-order valence-electron chi connectivity index (χ4n) is 2.93. The molecule has 0 aliphatic carbocycles. The zero-order valence-electron chi connectivity index (χ0n) is 14.2. The summed E-state index contributed by atoms with van der Waals surface area (Å²) < 4.78 is 27.9. The lowest BCUT2D eigenvalue weighted by atomic mass is 10.0. The maximum absolute atomic E-state index is 13.2. The van der Waals surface area contributed by atoms with Gasteiger partial charge in [-0.05, 0) is 48.7 Å². The normalized spacial score (nSPS) is 13.9. The zero-order valence-corrected chi connectivity index (χ0v) is 15.1. The highest BCUT2D eigenvalue weighted by Crippen LogP contribution is 2.29. The molecule has 1 amide bonds. The molecule has 0 atom stereocenters. The molecule has 0 spiro atoms. The third-order valence-corrected chi connectivity index (χ3v) is 6.14. The van der Waals surface area contributed by atoms with Crippen molar-refractivity contribution in [2.45, 2.75) is 37.5 Å². The fraction of sp³-hybridized carbons (Fsp3) is 0.316. The van der Waals surface area contributed by atoms with Gasteiger partial charge in [0.05, 0.1) is 10.6 Å². The van der Waals surface area contributed by atoms with Gasteiger partial charge in [0.2, 0.25) is 5.91 Å². The SMILES string of the molecule is CCCCN(c1ccccc1)S(=O)(=O)c1ccc2c(c1)CCC(=O)N2. The van der Waals surface area contributed by atoms with Crippen LogP contribution in [0.1, 0.15) is 31.7 Å². The molecule has 0 fully saturated rings. The lowest BCUT2D eigenvalue weighted by Crippen LogP contribution is -2.32. The van der Waals surface area contributed by atoms with E-state index in [1.807, 2.05) is 37.3 Å². The van der Waals surface area contributed by atoms with Crippen LogP contribution in [0.4, 0.5) is 11.4 Å². The van der Waals surface area contributed by atoms with Crippen LogP contribution in [-0.4, -0.2) is 20.9 Å². The summed E-state index contributed by atoms with van der Waals surface area (Å²) in [5.41, 5.74) is 2.24. The molecule has 0 radical (unpaired) electrons. The largest absolute Gasteiger partial charge is 0.326 e. The van der Waals surface area contributed by atoms with E-state index in [-0.39, 0.29) is 10.8 Å². The molecule has 0 aromatic heterocycles. The monoisotopic (exact) mass is 358 g/mol. The number of unbranched alkanes of at least 4 members (excludes halogenated alkanes) is 1. The number of fused-ring (bicyclic) bond motifs is 1. The standard InChI is InChI=1S/C19H22N2O3S/c1-2-3-13-21(16-7-5-4-6-8-16)25(23,24)17-10-11-18-15(14-17)9-12-19(22)20-18/h4-8,10-11,14H,2-3,9,12-13H2,1H3,(H,20,22). The van der Waals surface area contributed by atoms with Crippen LogP contribution in [0.2, 0.25) is 0 Å². The Kier molecular flexibility index (Phi) is 5.08. The van der Waals surface area contributed by atoms with Crippen molar-refractivity contribution in [3.63, 3.8) is 0 Å². The Morgan fingerprint density at radius 1 is 1.08 bits per heavy atom. The van der Waals surface area contributed by atoms with Gasteiger partial charge in [-0.15, -0.1) is 0 Å². The number of anilines is 2. The van der Waals surface area contributed by atoms with Gasteiger partial charge >= 0.3 is 0 Å². The van der Waals surface area contributed by atoms with E-state index in [1.165, 1.54) is 4.31 Å². The topological polar surface area (TPSA) is 66.5 Å². The summed E-state index contributed by atoms with van der Waals surface area (Å²) in [5, 5.41) is 2.79. The summed E-state index contributed by atoms with van der Waals surface area (Å²) in [6.07, 6.45) is 2.64. The lowest BCUT2D eigenvalue weighted by molar-refractivity contribution is -0.116. The molecule has 1 aliphatic rings. The predicted octanol–water partition coefficient (Wildman–Crippen LogP) is 3.57. The minimum absolute atomic E-state index is 0.0306. The molecule has 0 saturated heterocycles. The van der Waals surface area contributed by atoms with Gasteiger partial charge in [-0.2, -0.15) is 0 Å². The van der Waals surface area contributed by atoms with Gasteiger partial charge in [0.1, 0.15) is 0 Å². The number of hydrogen-bond donors (Lipinski definition) is 1. The summed E-state index contributed by atoms with van der Waals surface area (Å²) in [4.78, 5) is 11.7. The number of nitrogens with zero attached hydrogens (tertiary/aromatic N) is 1. The van der Waals surface area contributed by atoms with Gasteiger partial charge < -0.3 is 5.32 Å². The number of benzene rings is 2. The maximum Gasteiger partial charge on any atom is 0.264 e. The van der Waals surface area contributed by atoms with Crippen LogP contribution in [0.3, 0.4) is 0 Å². The molecule has 6 heteroatoms. The average Bonchev–Trinajstić information content (AvgIpc) is 2.62. The summed E-state index contributed by atoms with van der Waals surface area (Å²) in [7, 11) is -3.65. The van der Waals surface area contributed by atoms with Crippen LogP contribution in [0.25, 0.3) is 0 Å². The van der Waals surface area contributed by atoms with Crippen molar-refractivity contribution in [1.82, 2.24) is 0 Å². The summed E-state index contributed by atoms with van der Waals surface area (Å²) >= 11 is 0. The van der Waals surface area contributed by atoms with E-state index in [0.717, 1.165) is 18.4 Å². The summed E-state index contributed by atoms with van der Waals surface area (Å²) in [5.74, 6) is -0.0306. The molecule has 1 N–H and O–H groups in total. The fourth-order valence-corrected chi connectivity index (χ4v) is 4.49. The number of para-hydroxylation sites is 1. The van der Waals surface area contributed by atoms with Crippen molar-refractivity contribution in [2.24, 2.45) is 0 Å². The van der Waals surface area contributed by atoms with Crippen molar-refractivity contribution < 1.29 is 13.2 Å². The van der Waals surface area contributed by atoms with E-state index in [2.05, 4.69) is 5.32 Å². The van der Waals surface area contributed by atoms with Gasteiger partial charge in [-0.3, -0.25) is 9.10 Å². The van der Waals surface area contributed by atoms with Crippen LogP contribution in [-0.2, 0) is 21.2 Å². The van der Waals surface area contributed by atoms with E-state index >= 15 is 0 Å². The molecule has 0 saturated carbocycles. The first kappa shape index (κ1) is 17.5.